The summed E-state index contributed by atoms with van der Waals surface area (Å²) in [5.41, 5.74) is 0.335. The van der Waals surface area contributed by atoms with Crippen LogP contribution in [-0.2, 0) is 4.74 Å². The van der Waals surface area contributed by atoms with Crippen LogP contribution in [0.25, 0.3) is 0 Å². The Bertz CT molecular complexity index is 235. The van der Waals surface area contributed by atoms with Crippen molar-refractivity contribution in [3.63, 3.8) is 0 Å². The maximum absolute atomic E-state index is 9.86. The van der Waals surface area contributed by atoms with Gasteiger partial charge in [0.25, 0.3) is 0 Å². The molecule has 18 heavy (non-hydrogen) atoms. The molecule has 1 rings (SSSR count). The van der Waals surface area contributed by atoms with E-state index in [-0.39, 0.29) is 5.60 Å². The normalized spacial score (nSPS) is 23.0. The Morgan fingerprint density at radius 1 is 1.28 bits per heavy atom. The maximum atomic E-state index is 9.86. The van der Waals surface area contributed by atoms with Crippen LogP contribution in [0.3, 0.4) is 0 Å². The third-order valence-electron chi connectivity index (χ3n) is 3.69. The summed E-state index contributed by atoms with van der Waals surface area (Å²) >= 11 is 0. The van der Waals surface area contributed by atoms with E-state index in [1.54, 1.807) is 0 Å². The van der Waals surface area contributed by atoms with E-state index >= 15 is 0 Å². The van der Waals surface area contributed by atoms with Crippen molar-refractivity contribution in [1.82, 2.24) is 5.32 Å². The SMILES string of the molecule is CC1(C)CCC(NCC(O)COC(C)(C)C)CC1. The summed E-state index contributed by atoms with van der Waals surface area (Å²) in [6, 6.07) is 0.572. The first-order valence-corrected chi connectivity index (χ1v) is 7.23. The smallest absolute Gasteiger partial charge is 0.0898 e. The number of ether oxygens (including phenoxy) is 1. The molecule has 1 saturated carbocycles. The van der Waals surface area contributed by atoms with Gasteiger partial charge in [-0.2, -0.15) is 0 Å². The highest BCUT2D eigenvalue weighted by atomic mass is 16.5. The maximum Gasteiger partial charge on any atom is 0.0898 e. The molecule has 108 valence electrons. The Morgan fingerprint density at radius 2 is 1.83 bits per heavy atom. The fraction of sp³-hybridized carbons (Fsp3) is 1.00. The molecule has 1 aliphatic rings. The summed E-state index contributed by atoms with van der Waals surface area (Å²) in [6.07, 6.45) is 4.59. The van der Waals surface area contributed by atoms with Gasteiger partial charge < -0.3 is 15.2 Å². The molecular weight excluding hydrogens is 226 g/mol. The first-order valence-electron chi connectivity index (χ1n) is 7.23. The average Bonchev–Trinajstić information content (AvgIpc) is 2.24. The molecule has 0 amide bonds. The lowest BCUT2D eigenvalue weighted by molar-refractivity contribution is -0.0487. The second-order valence-electron chi connectivity index (χ2n) is 7.42. The van der Waals surface area contributed by atoms with Gasteiger partial charge in [-0.05, 0) is 51.9 Å². The van der Waals surface area contributed by atoms with Gasteiger partial charge >= 0.3 is 0 Å². The molecule has 0 aliphatic heterocycles. The molecular formula is C15H31NO2. The van der Waals surface area contributed by atoms with Gasteiger partial charge in [0.05, 0.1) is 18.3 Å². The van der Waals surface area contributed by atoms with Crippen molar-refractivity contribution in [2.45, 2.75) is 78.0 Å². The first-order chi connectivity index (χ1) is 8.18. The number of nitrogens with one attached hydrogen (secondary N) is 1. The summed E-state index contributed by atoms with van der Waals surface area (Å²) in [6.45, 7) is 11.8. The molecule has 0 aromatic rings. The minimum Gasteiger partial charge on any atom is -0.389 e. The van der Waals surface area contributed by atoms with Gasteiger partial charge in [0.15, 0.2) is 0 Å². The van der Waals surface area contributed by atoms with E-state index in [1.165, 1.54) is 25.7 Å². The lowest BCUT2D eigenvalue weighted by Crippen LogP contribution is -2.41. The summed E-state index contributed by atoms with van der Waals surface area (Å²) in [4.78, 5) is 0. The van der Waals surface area contributed by atoms with E-state index in [1.807, 2.05) is 20.8 Å². The number of aliphatic hydroxyl groups excluding tert-OH is 1. The molecule has 2 N–H and O–H groups in total. The predicted octanol–water partition coefficient (Wildman–Crippen LogP) is 2.72. The van der Waals surface area contributed by atoms with Crippen LogP contribution in [0, 0.1) is 5.41 Å². The molecule has 0 saturated heterocycles. The number of rotatable bonds is 5. The van der Waals surface area contributed by atoms with Gasteiger partial charge in [0, 0.05) is 12.6 Å². The van der Waals surface area contributed by atoms with Crippen molar-refractivity contribution < 1.29 is 9.84 Å². The molecule has 0 spiro atoms. The van der Waals surface area contributed by atoms with Gasteiger partial charge in [-0.25, -0.2) is 0 Å². The van der Waals surface area contributed by atoms with E-state index in [4.69, 9.17) is 4.74 Å². The highest BCUT2D eigenvalue weighted by Crippen LogP contribution is 2.34. The van der Waals surface area contributed by atoms with Gasteiger partial charge in [0.1, 0.15) is 0 Å². The van der Waals surface area contributed by atoms with Crippen molar-refractivity contribution in [3.8, 4) is 0 Å². The minimum absolute atomic E-state index is 0.171. The van der Waals surface area contributed by atoms with Crippen LogP contribution in [0.2, 0.25) is 0 Å². The zero-order valence-corrected chi connectivity index (χ0v) is 12.8. The van der Waals surface area contributed by atoms with Crippen molar-refractivity contribution in [1.29, 1.82) is 0 Å². The molecule has 0 aromatic carbocycles. The van der Waals surface area contributed by atoms with Crippen LogP contribution in [-0.4, -0.2) is 36.0 Å². The van der Waals surface area contributed by atoms with Crippen LogP contribution in [0.1, 0.15) is 60.3 Å². The Balaban J connectivity index is 2.14. The molecule has 0 heterocycles. The largest absolute Gasteiger partial charge is 0.389 e. The fourth-order valence-corrected chi connectivity index (χ4v) is 2.31. The number of aliphatic hydroxyl groups is 1. The van der Waals surface area contributed by atoms with Crippen LogP contribution in [0.15, 0.2) is 0 Å². The van der Waals surface area contributed by atoms with Crippen LogP contribution >= 0.6 is 0 Å². The van der Waals surface area contributed by atoms with Gasteiger partial charge in [-0.15, -0.1) is 0 Å². The van der Waals surface area contributed by atoms with Crippen LogP contribution in [0.5, 0.6) is 0 Å². The Kier molecular flexibility index (Phi) is 5.63. The summed E-state index contributed by atoms with van der Waals surface area (Å²) in [5.74, 6) is 0. The van der Waals surface area contributed by atoms with E-state index in [0.29, 0.717) is 24.6 Å². The average molecular weight is 257 g/mol. The van der Waals surface area contributed by atoms with Crippen molar-refractivity contribution in [3.05, 3.63) is 0 Å². The molecule has 1 atom stereocenters. The molecule has 1 unspecified atom stereocenters. The molecule has 0 bridgehead atoms. The number of hydrogen-bond donors (Lipinski definition) is 2. The lowest BCUT2D eigenvalue weighted by atomic mass is 9.75. The molecule has 0 aromatic heterocycles. The summed E-state index contributed by atoms with van der Waals surface area (Å²) < 4.78 is 5.57. The second-order valence-corrected chi connectivity index (χ2v) is 7.42. The number of hydrogen-bond acceptors (Lipinski definition) is 3. The molecule has 3 nitrogen and oxygen atoms in total. The van der Waals surface area contributed by atoms with Crippen molar-refractivity contribution in [2.24, 2.45) is 5.41 Å². The molecule has 1 aliphatic carbocycles. The highest BCUT2D eigenvalue weighted by molar-refractivity contribution is 4.82. The van der Waals surface area contributed by atoms with Gasteiger partial charge in [0.2, 0.25) is 0 Å². The highest BCUT2D eigenvalue weighted by Gasteiger charge is 2.26. The molecule has 3 heteroatoms. The van der Waals surface area contributed by atoms with Crippen LogP contribution in [0.4, 0.5) is 0 Å². The van der Waals surface area contributed by atoms with Gasteiger partial charge in [-0.3, -0.25) is 0 Å². The molecule has 0 radical (unpaired) electrons. The zero-order chi connectivity index (χ0) is 13.8. The second kappa shape index (κ2) is 6.36. The lowest BCUT2D eigenvalue weighted by Gasteiger charge is -2.35. The van der Waals surface area contributed by atoms with E-state index in [9.17, 15) is 5.11 Å². The fourth-order valence-electron chi connectivity index (χ4n) is 2.31. The summed E-state index contributed by atoms with van der Waals surface area (Å²) in [7, 11) is 0. The zero-order valence-electron chi connectivity index (χ0n) is 12.8. The standard InChI is InChI=1S/C15H31NO2/c1-14(2,3)18-11-13(17)10-16-12-6-8-15(4,5)9-7-12/h12-13,16-17H,6-11H2,1-5H3. The Morgan fingerprint density at radius 3 is 2.33 bits per heavy atom. The monoisotopic (exact) mass is 257 g/mol. The Labute approximate surface area is 112 Å². The summed E-state index contributed by atoms with van der Waals surface area (Å²) in [5, 5.41) is 13.3. The first kappa shape index (κ1) is 15.9. The topological polar surface area (TPSA) is 41.5 Å². The van der Waals surface area contributed by atoms with Crippen molar-refractivity contribution in [2.75, 3.05) is 13.2 Å². The van der Waals surface area contributed by atoms with Crippen LogP contribution < -0.4 is 5.32 Å². The third kappa shape index (κ3) is 6.72. The van der Waals surface area contributed by atoms with E-state index < -0.39 is 6.10 Å². The minimum atomic E-state index is -0.404. The van der Waals surface area contributed by atoms with Gasteiger partial charge in [-0.1, -0.05) is 13.8 Å². The van der Waals surface area contributed by atoms with E-state index in [2.05, 4.69) is 19.2 Å². The molecule has 1 fully saturated rings. The van der Waals surface area contributed by atoms with E-state index in [0.717, 1.165) is 0 Å². The quantitative estimate of drug-likeness (QED) is 0.795. The van der Waals surface area contributed by atoms with Crippen molar-refractivity contribution >= 4 is 0 Å². The third-order valence-corrected chi connectivity index (χ3v) is 3.69. The predicted molar refractivity (Wildman–Crippen MR) is 75.8 cm³/mol. The Hall–Kier alpha value is -0.120.